The number of nitrogens with zero attached hydrogens (tertiary/aromatic N) is 2. The van der Waals surface area contributed by atoms with Gasteiger partial charge in [0, 0.05) is 6.42 Å². The molecule has 0 spiro atoms. The van der Waals surface area contributed by atoms with Crippen molar-refractivity contribution in [3.8, 4) is 0 Å². The van der Waals surface area contributed by atoms with E-state index in [0.717, 1.165) is 12.1 Å². The fourth-order valence-electron chi connectivity index (χ4n) is 1.39. The number of primary amides is 1. The number of carbonyl (C=O) groups is 1. The van der Waals surface area contributed by atoms with Gasteiger partial charge < -0.3 is 10.7 Å². The fraction of sp³-hybridized carbons (Fsp3) is 0.100. The van der Waals surface area contributed by atoms with Gasteiger partial charge in [-0.05, 0) is 17.7 Å². The molecule has 3 N–H and O–H groups in total. The van der Waals surface area contributed by atoms with E-state index in [1.165, 1.54) is 0 Å². The molecule has 0 unspecified atom stereocenters. The van der Waals surface area contributed by atoms with Gasteiger partial charge in [0.1, 0.15) is 5.82 Å². The van der Waals surface area contributed by atoms with Crippen LogP contribution in [0.5, 0.6) is 0 Å². The van der Waals surface area contributed by atoms with E-state index in [4.69, 9.17) is 5.73 Å². The number of hydrogen-bond acceptors (Lipinski definition) is 3. The summed E-state index contributed by atoms with van der Waals surface area (Å²) in [4.78, 5) is 13.2. The van der Waals surface area contributed by atoms with Crippen LogP contribution in [0.25, 0.3) is 0 Å². The highest BCUT2D eigenvalue weighted by atomic mass is 19.2. The summed E-state index contributed by atoms with van der Waals surface area (Å²) in [6.07, 6.45) is -0.0333. The number of hydrogen-bond donors (Lipinski definition) is 2. The van der Waals surface area contributed by atoms with Gasteiger partial charge in [0.2, 0.25) is 5.82 Å². The molecule has 1 aromatic carbocycles. The second-order valence-corrected chi connectivity index (χ2v) is 3.53. The smallest absolute Gasteiger partial charge is 0.286 e. The largest absolute Gasteiger partial charge is 0.363 e. The number of halogens is 3. The van der Waals surface area contributed by atoms with Gasteiger partial charge in [0.25, 0.3) is 5.91 Å². The van der Waals surface area contributed by atoms with Crippen molar-refractivity contribution < 1.29 is 18.0 Å². The lowest BCUT2D eigenvalue weighted by molar-refractivity contribution is 0.0991. The SMILES string of the molecule is NC(=O)c1nnc(Cc2cc(F)c(F)c(F)c2)[nH]1. The number of H-pyrrole nitrogens is 1. The zero-order chi connectivity index (χ0) is 13.3. The molecular weight excluding hydrogens is 249 g/mol. The molecule has 5 nitrogen and oxygen atoms in total. The first-order valence-electron chi connectivity index (χ1n) is 4.82. The molecule has 2 aromatic rings. The number of rotatable bonds is 3. The van der Waals surface area contributed by atoms with Crippen molar-refractivity contribution in [2.45, 2.75) is 6.42 Å². The van der Waals surface area contributed by atoms with Crippen LogP contribution in [-0.2, 0) is 6.42 Å². The van der Waals surface area contributed by atoms with Gasteiger partial charge in [-0.25, -0.2) is 13.2 Å². The molecule has 1 amide bonds. The van der Waals surface area contributed by atoms with Crippen LogP contribution in [0.15, 0.2) is 12.1 Å². The Morgan fingerprint density at radius 3 is 2.33 bits per heavy atom. The number of amides is 1. The fourth-order valence-corrected chi connectivity index (χ4v) is 1.39. The summed E-state index contributed by atoms with van der Waals surface area (Å²) >= 11 is 0. The van der Waals surface area contributed by atoms with E-state index in [0.29, 0.717) is 0 Å². The van der Waals surface area contributed by atoms with Gasteiger partial charge in [0.15, 0.2) is 17.5 Å². The number of benzene rings is 1. The molecule has 0 atom stereocenters. The Kier molecular flexibility index (Phi) is 3.00. The van der Waals surface area contributed by atoms with E-state index in [1.807, 2.05) is 0 Å². The molecular formula is C10H7F3N4O. The molecule has 18 heavy (non-hydrogen) atoms. The third kappa shape index (κ3) is 2.31. The molecule has 0 fully saturated rings. The van der Waals surface area contributed by atoms with Crippen LogP contribution < -0.4 is 5.73 Å². The van der Waals surface area contributed by atoms with E-state index in [-0.39, 0.29) is 23.6 Å². The highest BCUT2D eigenvalue weighted by molar-refractivity contribution is 5.88. The van der Waals surface area contributed by atoms with Crippen molar-refractivity contribution in [1.29, 1.82) is 0 Å². The minimum atomic E-state index is -1.53. The number of nitrogens with two attached hydrogens (primary N) is 1. The summed E-state index contributed by atoms with van der Waals surface area (Å²) in [6, 6.07) is 1.68. The lowest BCUT2D eigenvalue weighted by Gasteiger charge is -2.00. The van der Waals surface area contributed by atoms with Gasteiger partial charge in [-0.1, -0.05) is 0 Å². The lowest BCUT2D eigenvalue weighted by Crippen LogP contribution is -2.12. The van der Waals surface area contributed by atoms with Gasteiger partial charge in [0.05, 0.1) is 0 Å². The lowest BCUT2D eigenvalue weighted by atomic mass is 10.1. The molecule has 0 aliphatic carbocycles. The van der Waals surface area contributed by atoms with E-state index < -0.39 is 23.4 Å². The van der Waals surface area contributed by atoms with Crippen LogP contribution in [-0.4, -0.2) is 21.1 Å². The predicted molar refractivity (Wildman–Crippen MR) is 54.0 cm³/mol. The van der Waals surface area contributed by atoms with Gasteiger partial charge in [-0.15, -0.1) is 10.2 Å². The van der Waals surface area contributed by atoms with Crippen LogP contribution in [0.4, 0.5) is 13.2 Å². The number of carbonyl (C=O) groups excluding carboxylic acids is 1. The van der Waals surface area contributed by atoms with Crippen molar-refractivity contribution in [3.63, 3.8) is 0 Å². The van der Waals surface area contributed by atoms with Crippen LogP contribution in [0.3, 0.4) is 0 Å². The summed E-state index contributed by atoms with van der Waals surface area (Å²) in [7, 11) is 0. The Bertz CT molecular complexity index is 588. The first-order valence-corrected chi connectivity index (χ1v) is 4.82. The summed E-state index contributed by atoms with van der Waals surface area (Å²) < 4.78 is 38.6. The minimum Gasteiger partial charge on any atom is -0.363 e. The summed E-state index contributed by atoms with van der Waals surface area (Å²) in [6.45, 7) is 0. The average Bonchev–Trinajstić information content (AvgIpc) is 2.74. The topological polar surface area (TPSA) is 84.7 Å². The van der Waals surface area contributed by atoms with Crippen LogP contribution in [0.1, 0.15) is 22.0 Å². The first-order chi connectivity index (χ1) is 8.47. The standard InChI is InChI=1S/C10H7F3N4O/c11-5-1-4(2-6(12)8(5)13)3-7-15-10(9(14)18)17-16-7/h1-2H,3H2,(H2,14,18)(H,15,16,17). The first kappa shape index (κ1) is 12.1. The van der Waals surface area contributed by atoms with Crippen molar-refractivity contribution in [1.82, 2.24) is 15.2 Å². The highest BCUT2D eigenvalue weighted by Gasteiger charge is 2.13. The zero-order valence-electron chi connectivity index (χ0n) is 8.88. The van der Waals surface area contributed by atoms with Crippen LogP contribution >= 0.6 is 0 Å². The average molecular weight is 256 g/mol. The Hall–Kier alpha value is -2.38. The Balaban J connectivity index is 2.25. The quantitative estimate of drug-likeness (QED) is 0.800. The second kappa shape index (κ2) is 4.47. The van der Waals surface area contributed by atoms with E-state index in [2.05, 4.69) is 15.2 Å². The van der Waals surface area contributed by atoms with Gasteiger partial charge in [-0.3, -0.25) is 4.79 Å². The molecule has 8 heteroatoms. The van der Waals surface area contributed by atoms with E-state index in [1.54, 1.807) is 0 Å². The van der Waals surface area contributed by atoms with Crippen LogP contribution in [0, 0.1) is 17.5 Å². The maximum atomic E-state index is 12.9. The van der Waals surface area contributed by atoms with Crippen LogP contribution in [0.2, 0.25) is 0 Å². The third-order valence-electron chi connectivity index (χ3n) is 2.18. The molecule has 1 heterocycles. The second-order valence-electron chi connectivity index (χ2n) is 3.53. The number of aromatic nitrogens is 3. The minimum absolute atomic E-state index is 0.0333. The molecule has 0 aliphatic heterocycles. The van der Waals surface area contributed by atoms with Crippen molar-refractivity contribution in [3.05, 3.63) is 46.8 Å². The van der Waals surface area contributed by atoms with E-state index >= 15 is 0 Å². The maximum Gasteiger partial charge on any atom is 0.286 e. The zero-order valence-corrected chi connectivity index (χ0v) is 8.88. The molecule has 1 aromatic heterocycles. The molecule has 0 saturated carbocycles. The van der Waals surface area contributed by atoms with E-state index in [9.17, 15) is 18.0 Å². The normalized spacial score (nSPS) is 10.6. The number of nitrogens with one attached hydrogen (secondary N) is 1. The molecule has 94 valence electrons. The van der Waals surface area contributed by atoms with Crippen molar-refractivity contribution in [2.75, 3.05) is 0 Å². The maximum absolute atomic E-state index is 12.9. The molecule has 2 rings (SSSR count). The third-order valence-corrected chi connectivity index (χ3v) is 2.18. The number of aromatic amines is 1. The Morgan fingerprint density at radius 1 is 1.22 bits per heavy atom. The monoisotopic (exact) mass is 256 g/mol. The highest BCUT2D eigenvalue weighted by Crippen LogP contribution is 2.15. The molecule has 0 radical (unpaired) electrons. The summed E-state index contributed by atoms with van der Waals surface area (Å²) in [5.74, 6) is -4.89. The van der Waals surface area contributed by atoms with Crippen molar-refractivity contribution in [2.24, 2.45) is 5.73 Å². The molecule has 0 saturated heterocycles. The Labute approximate surface area is 98.8 Å². The molecule has 0 aliphatic rings. The van der Waals surface area contributed by atoms with Gasteiger partial charge >= 0.3 is 0 Å². The summed E-state index contributed by atoms with van der Waals surface area (Å²) in [5, 5.41) is 7.00. The Morgan fingerprint density at radius 2 is 1.83 bits per heavy atom. The van der Waals surface area contributed by atoms with Gasteiger partial charge in [-0.2, -0.15) is 0 Å². The van der Waals surface area contributed by atoms with Crippen molar-refractivity contribution >= 4 is 5.91 Å². The predicted octanol–water partition coefficient (Wildman–Crippen LogP) is 0.912. The molecule has 0 bridgehead atoms. The summed E-state index contributed by atoms with van der Waals surface area (Å²) in [5.41, 5.74) is 5.10.